The zero-order valence-electron chi connectivity index (χ0n) is 78.2. The van der Waals surface area contributed by atoms with Gasteiger partial charge in [0.1, 0.15) is 65.7 Å². The van der Waals surface area contributed by atoms with E-state index < -0.39 is 48.4 Å². The topological polar surface area (TPSA) is 130 Å². The van der Waals surface area contributed by atoms with Crippen molar-refractivity contribution in [2.24, 2.45) is 0 Å². The maximum atomic E-state index is 13.3. The molecule has 0 bridgehead atoms. The summed E-state index contributed by atoms with van der Waals surface area (Å²) >= 11 is 0. The van der Waals surface area contributed by atoms with Crippen LogP contribution in [0.1, 0.15) is 158 Å². The molecule has 1 radical (unpaired) electrons. The van der Waals surface area contributed by atoms with Gasteiger partial charge in [-0.15, -0.1) is 50.5 Å². The summed E-state index contributed by atoms with van der Waals surface area (Å²) in [5, 5.41) is 83.9. The maximum Gasteiger partial charge on any atom is 1.00 e. The zero-order chi connectivity index (χ0) is 86.7. The molecule has 0 fully saturated rings. The van der Waals surface area contributed by atoms with Crippen LogP contribution < -0.4 is 104 Å². The average molecular weight is 1890 g/mol. The quantitative estimate of drug-likeness (QED) is 0.0485. The first-order chi connectivity index (χ1) is 57.8. The second kappa shape index (κ2) is 48.5. The van der Waals surface area contributed by atoms with E-state index >= 15 is 0 Å². The van der Waals surface area contributed by atoms with Crippen LogP contribution in [0.3, 0.4) is 0 Å². The number of phenolic OH excluding ortho intramolecular Hbond substituents is 3. The summed E-state index contributed by atoms with van der Waals surface area (Å²) in [4.78, 5) is 0. The van der Waals surface area contributed by atoms with Crippen LogP contribution >= 0.6 is 0 Å². The van der Waals surface area contributed by atoms with Crippen LogP contribution in [0.2, 0.25) is 109 Å². The van der Waals surface area contributed by atoms with Gasteiger partial charge in [-0.1, -0.05) is 251 Å². The predicted molar refractivity (Wildman–Crippen MR) is 528 cm³/mol. The number of hydrogen-bond donors (Lipinski definition) is 3. The molecule has 12 rings (SSSR count). The van der Waals surface area contributed by atoms with E-state index in [0.29, 0.717) is 33.4 Å². The van der Waals surface area contributed by atoms with E-state index in [2.05, 4.69) is 230 Å². The van der Waals surface area contributed by atoms with E-state index in [1.807, 2.05) is 109 Å². The Kier molecular flexibility index (Phi) is 41.7. The van der Waals surface area contributed by atoms with Crippen molar-refractivity contribution in [1.82, 2.24) is 0 Å². The molecule has 16 heteroatoms. The summed E-state index contributed by atoms with van der Waals surface area (Å²) in [6.45, 7) is 40.7. The molecule has 12 aromatic carbocycles. The van der Waals surface area contributed by atoms with Crippen molar-refractivity contribution in [1.29, 1.82) is 0 Å². The summed E-state index contributed by atoms with van der Waals surface area (Å²) in [7, 11) is -9.34. The van der Waals surface area contributed by atoms with Crippen LogP contribution in [-0.2, 0) is 0 Å². The Balaban J connectivity index is 0.000000283. The smallest absolute Gasteiger partial charge is 0.872 e. The fourth-order valence-corrected chi connectivity index (χ4v) is 31.9. The second-order valence-electron chi connectivity index (χ2n) is 32.9. The van der Waals surface area contributed by atoms with E-state index in [9.17, 15) is 30.6 Å². The van der Waals surface area contributed by atoms with Gasteiger partial charge in [0.05, 0.1) is 0 Å². The third kappa shape index (κ3) is 24.1. The van der Waals surface area contributed by atoms with Gasteiger partial charge >= 0.3 is 88.7 Å². The molecule has 621 valence electrons. The number of benzene rings is 12. The third-order valence-corrected chi connectivity index (χ3v) is 56.0. The van der Waals surface area contributed by atoms with E-state index in [1.54, 1.807) is 36.4 Å². The molecule has 0 aromatic heterocycles. The molecule has 0 aliphatic heterocycles. The van der Waals surface area contributed by atoms with Crippen LogP contribution in [0.5, 0.6) is 34.5 Å². The van der Waals surface area contributed by atoms with Crippen molar-refractivity contribution in [3.63, 3.8) is 0 Å². The Bertz CT molecular complexity index is 5160. The van der Waals surface area contributed by atoms with Gasteiger partial charge in [0, 0.05) is 85.7 Å². The summed E-state index contributed by atoms with van der Waals surface area (Å²) in [6, 6.07) is 78.8. The van der Waals surface area contributed by atoms with Gasteiger partial charge in [-0.05, 0) is 281 Å². The monoisotopic (exact) mass is 1890 g/mol. The molecule has 0 aliphatic rings. The number of phenols is 3. The third-order valence-electron chi connectivity index (χ3n) is 27.7. The average Bonchev–Trinajstić information content (AvgIpc) is 0.761. The summed E-state index contributed by atoms with van der Waals surface area (Å²) < 4.78 is 0. The van der Waals surface area contributed by atoms with Crippen molar-refractivity contribution in [3.8, 4) is 137 Å². The number of aromatic hydroxyl groups is 3. The molecule has 0 unspecified atom stereocenters. The number of fused-ring (bicyclic) bond motifs is 6. The minimum Gasteiger partial charge on any atom is -0.872 e. The molecule has 0 amide bonds. The van der Waals surface area contributed by atoms with Gasteiger partial charge in [0.15, 0.2) is 0 Å². The van der Waals surface area contributed by atoms with Crippen molar-refractivity contribution in [3.05, 3.63) is 215 Å². The van der Waals surface area contributed by atoms with Crippen molar-refractivity contribution in [2.45, 2.75) is 233 Å². The molecule has 124 heavy (non-hydrogen) atoms. The maximum absolute atomic E-state index is 13.3. The fourth-order valence-electron chi connectivity index (χ4n) is 17.2. The van der Waals surface area contributed by atoms with E-state index in [4.69, 9.17) is 0 Å². The molecular weight excluding hydrogens is 1770 g/mol. The predicted octanol–water partition coefficient (Wildman–Crippen LogP) is 18.7. The number of rotatable bonds is 21. The molecular formula is C108H123LaNa3O6Si6. The summed E-state index contributed by atoms with van der Waals surface area (Å²) in [6.07, 6.45) is 0. The Hall–Kier alpha value is -6.14. The second-order valence-corrected chi connectivity index (χ2v) is 62.4. The summed E-state index contributed by atoms with van der Waals surface area (Å²) in [5.41, 5.74) is 31.2. The van der Waals surface area contributed by atoms with Crippen LogP contribution in [0, 0.1) is 104 Å². The molecule has 0 atom stereocenters. The molecule has 0 saturated carbocycles. The Morgan fingerprint density at radius 1 is 0.202 bits per heavy atom. The molecule has 3 N–H and O–H groups in total. The van der Waals surface area contributed by atoms with Crippen LogP contribution in [0.4, 0.5) is 0 Å². The van der Waals surface area contributed by atoms with Crippen molar-refractivity contribution >= 4 is 113 Å². The number of hydrogen-bond acceptors (Lipinski definition) is 6. The van der Waals surface area contributed by atoms with Gasteiger partial charge in [-0.2, -0.15) is 0 Å². The molecule has 0 aliphatic carbocycles. The van der Waals surface area contributed by atoms with Gasteiger partial charge in [-0.3, -0.25) is 0 Å². The molecule has 0 heterocycles. The first-order valence-electron chi connectivity index (χ1n) is 44.5. The molecule has 0 spiro atoms. The Morgan fingerprint density at radius 3 is 0.484 bits per heavy atom. The molecule has 0 saturated heterocycles. The SMILES string of the molecule is CC[Si](C#Cc1ccc2c(-c3c(O)ccc4cc(C#C[Si](CC)(CC)CC)ccc34)c([O-])ccc2c1)(CC)CC.CC[Si](C#Cc1ccc2c(-c3c(O)ccc4cc(C#C[Si](CC)(CC)CC)ccc34)c([O-])ccc2c1)(CC)CC.CC[Si](C#Cc1ccc2c(-c3c(O)ccc4cc(C#C[Si](CC)(CC)CC)ccc34)c([O-])ccc2c1)(CC)CC.[La].[Na+].[Na+].[Na+]. The minimum atomic E-state index is -1.56. The first-order valence-corrected chi connectivity index (χ1v) is 60.2. The summed E-state index contributed by atoms with van der Waals surface area (Å²) in [5.74, 6) is 20.8. The van der Waals surface area contributed by atoms with Crippen LogP contribution in [-0.4, -0.2) is 63.8 Å². The standard InChI is InChI=1S/3C36H42O2Si2.La.3Na/c3*1-7-39(8-2,9-3)23-21-27-13-17-31-29(25-27)15-19-33(37)35(31)36-32-18-14-28(26-30(32)16-20-34(36)38)22-24-40(10-4,11-5)12-6;;;;/h3*13-20,25-26,37-38H,7-12H2,1-6H3;;;;/q;;;;3*+1/p-3. The van der Waals surface area contributed by atoms with Crippen LogP contribution in [0.25, 0.3) is 98.0 Å². The van der Waals surface area contributed by atoms with Crippen molar-refractivity contribution in [2.75, 3.05) is 0 Å². The van der Waals surface area contributed by atoms with Gasteiger partial charge in [0.25, 0.3) is 0 Å². The normalized spacial score (nSPS) is 11.3. The van der Waals surface area contributed by atoms with Gasteiger partial charge in [-0.25, -0.2) is 0 Å². The fraction of sp³-hybridized carbons (Fsp3) is 0.333. The van der Waals surface area contributed by atoms with Crippen molar-refractivity contribution < 1.29 is 155 Å². The first kappa shape index (κ1) is 107. The Morgan fingerprint density at radius 2 is 0.339 bits per heavy atom. The van der Waals surface area contributed by atoms with E-state index in [0.717, 1.165) is 207 Å². The van der Waals surface area contributed by atoms with E-state index in [-0.39, 0.29) is 159 Å². The Labute approximate surface area is 843 Å². The largest absolute Gasteiger partial charge is 1.00 e. The zero-order valence-corrected chi connectivity index (χ0v) is 93.8. The molecule has 12 aromatic rings. The van der Waals surface area contributed by atoms with E-state index in [1.165, 1.54) is 0 Å². The van der Waals surface area contributed by atoms with Gasteiger partial charge in [0.2, 0.25) is 0 Å². The molecule has 6 nitrogen and oxygen atoms in total. The minimum absolute atomic E-state index is 0. The van der Waals surface area contributed by atoms with Gasteiger partial charge < -0.3 is 30.6 Å². The van der Waals surface area contributed by atoms with Crippen LogP contribution in [0.15, 0.2) is 182 Å².